The molecule has 0 saturated heterocycles. The van der Waals surface area contributed by atoms with E-state index in [4.69, 9.17) is 11.2 Å². The quantitative estimate of drug-likeness (QED) is 0.596. The molecule has 4 nitrogen and oxygen atoms in total. The van der Waals surface area contributed by atoms with Crippen molar-refractivity contribution >= 4 is 12.2 Å². The first-order valence-electron chi connectivity index (χ1n) is 5.46. The van der Waals surface area contributed by atoms with Gasteiger partial charge in [-0.15, -0.1) is 6.42 Å². The van der Waals surface area contributed by atoms with Crippen LogP contribution in [0.4, 0.5) is 0 Å². The molecule has 1 atom stereocenters. The number of carbonyl (C=O) groups is 1. The number of carbonyl (C=O) groups excluding carboxylic acids is 1. The zero-order valence-electron chi connectivity index (χ0n) is 9.69. The SMILES string of the molecule is C#CC(OC(=O)c1ccccc1)N1C=CC=NC1. The highest BCUT2D eigenvalue weighted by molar-refractivity contribution is 5.89. The van der Waals surface area contributed by atoms with Gasteiger partial charge in [0.25, 0.3) is 0 Å². The summed E-state index contributed by atoms with van der Waals surface area (Å²) in [6, 6.07) is 8.73. The maximum atomic E-state index is 11.8. The van der Waals surface area contributed by atoms with Gasteiger partial charge < -0.3 is 9.64 Å². The van der Waals surface area contributed by atoms with Gasteiger partial charge in [0.05, 0.1) is 5.56 Å². The molecule has 1 aromatic carbocycles. The first kappa shape index (κ1) is 11.9. The van der Waals surface area contributed by atoms with Gasteiger partial charge in [0, 0.05) is 12.4 Å². The largest absolute Gasteiger partial charge is 0.426 e. The molecule has 90 valence electrons. The molecule has 0 N–H and O–H groups in total. The van der Waals surface area contributed by atoms with E-state index < -0.39 is 12.2 Å². The molecule has 1 unspecified atom stereocenters. The van der Waals surface area contributed by atoms with Crippen LogP contribution in [-0.2, 0) is 4.74 Å². The summed E-state index contributed by atoms with van der Waals surface area (Å²) in [6.45, 7) is 0.382. The normalized spacial score (nSPS) is 14.9. The molecular formula is C14H12N2O2. The van der Waals surface area contributed by atoms with Crippen LogP contribution in [0.3, 0.4) is 0 Å². The average molecular weight is 240 g/mol. The smallest absolute Gasteiger partial charge is 0.340 e. The number of esters is 1. The predicted octanol–water partition coefficient (Wildman–Crippen LogP) is 1.66. The van der Waals surface area contributed by atoms with Crippen molar-refractivity contribution in [2.45, 2.75) is 6.23 Å². The summed E-state index contributed by atoms with van der Waals surface area (Å²) in [6.07, 6.45) is 9.79. The van der Waals surface area contributed by atoms with Gasteiger partial charge >= 0.3 is 5.97 Å². The van der Waals surface area contributed by atoms with E-state index >= 15 is 0 Å². The average Bonchev–Trinajstić information content (AvgIpc) is 2.46. The van der Waals surface area contributed by atoms with Crippen molar-refractivity contribution in [2.24, 2.45) is 4.99 Å². The Morgan fingerprint density at radius 1 is 1.44 bits per heavy atom. The summed E-state index contributed by atoms with van der Waals surface area (Å²) in [7, 11) is 0. The van der Waals surface area contributed by atoms with Crippen LogP contribution < -0.4 is 0 Å². The summed E-state index contributed by atoms with van der Waals surface area (Å²) in [5.41, 5.74) is 0.474. The summed E-state index contributed by atoms with van der Waals surface area (Å²) in [4.78, 5) is 17.6. The van der Waals surface area contributed by atoms with Gasteiger partial charge in [-0.2, -0.15) is 0 Å². The number of allylic oxidation sites excluding steroid dienone is 1. The Balaban J connectivity index is 2.03. The Morgan fingerprint density at radius 3 is 2.83 bits per heavy atom. The van der Waals surface area contributed by atoms with Gasteiger partial charge in [0.1, 0.15) is 6.67 Å². The second-order valence-electron chi connectivity index (χ2n) is 3.62. The second kappa shape index (κ2) is 5.69. The second-order valence-corrected chi connectivity index (χ2v) is 3.62. The van der Waals surface area contributed by atoms with Gasteiger partial charge in [-0.3, -0.25) is 4.99 Å². The minimum absolute atomic E-state index is 0.382. The summed E-state index contributed by atoms with van der Waals surface area (Å²) < 4.78 is 5.25. The van der Waals surface area contributed by atoms with Crippen molar-refractivity contribution in [3.63, 3.8) is 0 Å². The third kappa shape index (κ3) is 2.77. The number of ether oxygens (including phenoxy) is 1. The standard InChI is InChI=1S/C14H12N2O2/c1-2-13(16-10-6-9-15-11-16)18-14(17)12-7-4-3-5-8-12/h1,3-10,13H,11H2. The van der Waals surface area contributed by atoms with Gasteiger partial charge in [-0.1, -0.05) is 18.2 Å². The van der Waals surface area contributed by atoms with Gasteiger partial charge in [-0.05, 0) is 24.1 Å². The minimum Gasteiger partial charge on any atom is -0.426 e. The molecule has 4 heteroatoms. The third-order valence-corrected chi connectivity index (χ3v) is 2.39. The molecule has 0 bridgehead atoms. The highest BCUT2D eigenvalue weighted by Gasteiger charge is 2.18. The van der Waals surface area contributed by atoms with E-state index in [1.807, 2.05) is 6.07 Å². The Morgan fingerprint density at radius 2 is 2.22 bits per heavy atom. The fourth-order valence-electron chi connectivity index (χ4n) is 1.49. The van der Waals surface area contributed by atoms with E-state index in [1.54, 1.807) is 47.7 Å². The molecule has 1 heterocycles. The number of hydrogen-bond donors (Lipinski definition) is 0. The monoisotopic (exact) mass is 240 g/mol. The van der Waals surface area contributed by atoms with Crippen LogP contribution in [0.2, 0.25) is 0 Å². The molecule has 18 heavy (non-hydrogen) atoms. The number of benzene rings is 1. The van der Waals surface area contributed by atoms with Gasteiger partial charge in [0.2, 0.25) is 6.23 Å². The van der Waals surface area contributed by atoms with Crippen LogP contribution in [0.15, 0.2) is 47.6 Å². The number of hydrogen-bond acceptors (Lipinski definition) is 4. The Hall–Kier alpha value is -2.54. The molecule has 0 aromatic heterocycles. The van der Waals surface area contributed by atoms with E-state index in [2.05, 4.69) is 10.9 Å². The minimum atomic E-state index is -0.744. The molecule has 0 amide bonds. The van der Waals surface area contributed by atoms with Crippen molar-refractivity contribution < 1.29 is 9.53 Å². The van der Waals surface area contributed by atoms with E-state index in [1.165, 1.54) is 0 Å². The maximum Gasteiger partial charge on any atom is 0.340 e. The molecule has 0 fully saturated rings. The van der Waals surface area contributed by atoms with Crippen LogP contribution in [0.1, 0.15) is 10.4 Å². The van der Waals surface area contributed by atoms with E-state index in [-0.39, 0.29) is 0 Å². The highest BCUT2D eigenvalue weighted by Crippen LogP contribution is 2.09. The summed E-state index contributed by atoms with van der Waals surface area (Å²) in [5.74, 6) is 1.99. The predicted molar refractivity (Wildman–Crippen MR) is 68.8 cm³/mol. The van der Waals surface area contributed by atoms with Crippen LogP contribution in [0.5, 0.6) is 0 Å². The first-order chi connectivity index (χ1) is 8.81. The van der Waals surface area contributed by atoms with Gasteiger partial charge in [-0.25, -0.2) is 4.79 Å². The lowest BCUT2D eigenvalue weighted by molar-refractivity contribution is 0.00957. The number of aliphatic imine (C=N–C) groups is 1. The molecule has 1 aromatic rings. The lowest BCUT2D eigenvalue weighted by atomic mass is 10.2. The first-order valence-corrected chi connectivity index (χ1v) is 5.46. The lowest BCUT2D eigenvalue weighted by Crippen LogP contribution is -2.35. The number of terminal acetylenes is 1. The van der Waals surface area contributed by atoms with E-state index in [0.29, 0.717) is 12.2 Å². The maximum absolute atomic E-state index is 11.8. The molecular weight excluding hydrogens is 228 g/mol. The highest BCUT2D eigenvalue weighted by atomic mass is 16.6. The zero-order valence-corrected chi connectivity index (χ0v) is 9.69. The molecule has 0 spiro atoms. The Kier molecular flexibility index (Phi) is 3.77. The zero-order chi connectivity index (χ0) is 12.8. The fraction of sp³-hybridized carbons (Fsp3) is 0.143. The van der Waals surface area contributed by atoms with Crippen LogP contribution in [-0.4, -0.2) is 30.0 Å². The van der Waals surface area contributed by atoms with Crippen molar-refractivity contribution in [2.75, 3.05) is 6.67 Å². The fourth-order valence-corrected chi connectivity index (χ4v) is 1.49. The summed E-state index contributed by atoms with van der Waals surface area (Å²) >= 11 is 0. The molecule has 0 aliphatic carbocycles. The van der Waals surface area contributed by atoms with Crippen molar-refractivity contribution in [1.29, 1.82) is 0 Å². The van der Waals surface area contributed by atoms with Crippen molar-refractivity contribution in [3.8, 4) is 12.3 Å². The Bertz CT molecular complexity index is 514. The van der Waals surface area contributed by atoms with Crippen LogP contribution in [0.25, 0.3) is 0 Å². The molecule has 0 radical (unpaired) electrons. The van der Waals surface area contributed by atoms with Crippen molar-refractivity contribution in [3.05, 3.63) is 48.2 Å². The lowest BCUT2D eigenvalue weighted by Gasteiger charge is -2.25. The topological polar surface area (TPSA) is 41.9 Å². The van der Waals surface area contributed by atoms with Crippen LogP contribution >= 0.6 is 0 Å². The molecule has 1 aliphatic heterocycles. The van der Waals surface area contributed by atoms with Crippen LogP contribution in [0, 0.1) is 12.3 Å². The summed E-state index contributed by atoms with van der Waals surface area (Å²) in [5, 5.41) is 0. The molecule has 2 rings (SSSR count). The number of rotatable bonds is 3. The Labute approximate surface area is 106 Å². The molecule has 1 aliphatic rings. The van der Waals surface area contributed by atoms with Gasteiger partial charge in [0.15, 0.2) is 0 Å². The molecule has 0 saturated carbocycles. The van der Waals surface area contributed by atoms with E-state index in [9.17, 15) is 4.79 Å². The van der Waals surface area contributed by atoms with E-state index in [0.717, 1.165) is 0 Å². The van der Waals surface area contributed by atoms with Crippen molar-refractivity contribution in [1.82, 2.24) is 4.90 Å². The third-order valence-electron chi connectivity index (χ3n) is 2.39. The number of nitrogens with zero attached hydrogens (tertiary/aromatic N) is 2.